The fourth-order valence-electron chi connectivity index (χ4n) is 3.11. The first-order valence-electron chi connectivity index (χ1n) is 10.7. The summed E-state index contributed by atoms with van der Waals surface area (Å²) < 4.78 is 85.7. The molecule has 12 heteroatoms. The summed E-state index contributed by atoms with van der Waals surface area (Å²) in [5.74, 6) is -3.09. The molecule has 1 aliphatic carbocycles. The summed E-state index contributed by atoms with van der Waals surface area (Å²) in [7, 11) is 0. The van der Waals surface area contributed by atoms with Crippen LogP contribution in [0.25, 0.3) is 0 Å². The van der Waals surface area contributed by atoms with Gasteiger partial charge in [0.15, 0.2) is 0 Å². The molecule has 4 unspecified atom stereocenters. The predicted molar refractivity (Wildman–Crippen MR) is 103 cm³/mol. The normalized spacial score (nSPS) is 23.9. The molecule has 0 spiro atoms. The van der Waals surface area contributed by atoms with Gasteiger partial charge in [0.1, 0.15) is 6.10 Å². The fraction of sp³-hybridized carbons (Fsp3) is 0.857. The standard InChI is InChI=1S/C13H20O4.C8H10F6O2/c1-4-13(2,3)12(15)17-10-8-6-5-7-9(8)16-11(10)14;1-3-4(2)5(15)16-6(7(9,10)11)8(12,13)14/h8-10H,4-7H2,1-3H3;4,6H,3H2,1-2H3. The van der Waals surface area contributed by atoms with Crippen molar-refractivity contribution in [3.05, 3.63) is 0 Å². The van der Waals surface area contributed by atoms with Gasteiger partial charge in [-0.25, -0.2) is 4.79 Å². The quantitative estimate of drug-likeness (QED) is 0.291. The lowest BCUT2D eigenvalue weighted by Gasteiger charge is -2.23. The van der Waals surface area contributed by atoms with Crippen LogP contribution in [0.3, 0.4) is 0 Å². The molecule has 2 aliphatic rings. The van der Waals surface area contributed by atoms with Crippen LogP contribution in [0.15, 0.2) is 0 Å². The van der Waals surface area contributed by atoms with E-state index in [1.807, 2.05) is 20.8 Å². The molecule has 2 fully saturated rings. The van der Waals surface area contributed by atoms with Gasteiger partial charge >= 0.3 is 30.3 Å². The minimum atomic E-state index is -5.65. The van der Waals surface area contributed by atoms with Crippen LogP contribution in [0, 0.1) is 17.3 Å². The molecule has 0 radical (unpaired) electrons. The maximum atomic E-state index is 12.0. The largest absolute Gasteiger partial charge is 0.459 e. The molecule has 6 nitrogen and oxygen atoms in total. The molecule has 0 amide bonds. The van der Waals surface area contributed by atoms with E-state index in [9.17, 15) is 40.7 Å². The lowest BCUT2D eigenvalue weighted by atomic mass is 9.90. The zero-order valence-corrected chi connectivity index (χ0v) is 19.1. The van der Waals surface area contributed by atoms with Crippen LogP contribution in [0.2, 0.25) is 0 Å². The third-order valence-corrected chi connectivity index (χ3v) is 5.91. The molecule has 0 N–H and O–H groups in total. The molecule has 0 aromatic carbocycles. The van der Waals surface area contributed by atoms with E-state index in [-0.39, 0.29) is 30.4 Å². The van der Waals surface area contributed by atoms with Gasteiger partial charge < -0.3 is 14.2 Å². The Hall–Kier alpha value is -2.01. The zero-order chi connectivity index (χ0) is 25.8. The number of carbonyl (C=O) groups is 3. The number of alkyl halides is 6. The van der Waals surface area contributed by atoms with Crippen molar-refractivity contribution in [3.63, 3.8) is 0 Å². The zero-order valence-electron chi connectivity index (χ0n) is 19.1. The number of carbonyl (C=O) groups excluding carboxylic acids is 3. The Morgan fingerprint density at radius 1 is 1.06 bits per heavy atom. The average Bonchev–Trinajstić information content (AvgIpc) is 3.25. The molecular formula is C21H30F6O6. The minimum absolute atomic E-state index is 0.0231. The maximum Gasteiger partial charge on any atom is 0.434 e. The first-order chi connectivity index (χ1) is 15.0. The molecule has 2 rings (SSSR count). The smallest absolute Gasteiger partial charge is 0.434 e. The monoisotopic (exact) mass is 492 g/mol. The summed E-state index contributed by atoms with van der Waals surface area (Å²) >= 11 is 0. The summed E-state index contributed by atoms with van der Waals surface area (Å²) in [6.07, 6.45) is -12.4. The van der Waals surface area contributed by atoms with Gasteiger partial charge in [-0.05, 0) is 46.0 Å². The number of ether oxygens (including phenoxy) is 3. The second kappa shape index (κ2) is 10.9. The number of rotatable bonds is 6. The van der Waals surface area contributed by atoms with E-state index in [1.165, 1.54) is 13.8 Å². The van der Waals surface area contributed by atoms with Gasteiger partial charge in [0.05, 0.1) is 11.3 Å². The van der Waals surface area contributed by atoms with Crippen molar-refractivity contribution in [2.24, 2.45) is 17.3 Å². The maximum absolute atomic E-state index is 12.0. The van der Waals surface area contributed by atoms with Crippen LogP contribution in [0.4, 0.5) is 26.3 Å². The molecule has 4 atom stereocenters. The molecule has 33 heavy (non-hydrogen) atoms. The summed E-state index contributed by atoms with van der Waals surface area (Å²) in [4.78, 5) is 34.5. The average molecular weight is 492 g/mol. The van der Waals surface area contributed by atoms with Crippen molar-refractivity contribution >= 4 is 17.9 Å². The first-order valence-corrected chi connectivity index (χ1v) is 10.7. The molecule has 0 aromatic rings. The minimum Gasteiger partial charge on any atom is -0.459 e. The lowest BCUT2D eigenvalue weighted by molar-refractivity contribution is -0.314. The summed E-state index contributed by atoms with van der Waals surface area (Å²) in [5.41, 5.74) is -0.531. The van der Waals surface area contributed by atoms with E-state index < -0.39 is 41.9 Å². The van der Waals surface area contributed by atoms with Gasteiger partial charge in [-0.2, -0.15) is 26.3 Å². The number of halogens is 6. The first kappa shape index (κ1) is 29.0. The third-order valence-electron chi connectivity index (χ3n) is 5.91. The van der Waals surface area contributed by atoms with Gasteiger partial charge in [-0.15, -0.1) is 0 Å². The van der Waals surface area contributed by atoms with Crippen LogP contribution in [-0.2, 0) is 28.6 Å². The number of hydrogen-bond acceptors (Lipinski definition) is 6. The highest BCUT2D eigenvalue weighted by Gasteiger charge is 2.60. The van der Waals surface area contributed by atoms with Crippen molar-refractivity contribution < 1.29 is 54.9 Å². The van der Waals surface area contributed by atoms with Gasteiger partial charge in [0.2, 0.25) is 6.10 Å². The summed E-state index contributed by atoms with van der Waals surface area (Å²) in [6.45, 7) is 8.24. The van der Waals surface area contributed by atoms with Crippen LogP contribution in [0.5, 0.6) is 0 Å². The van der Waals surface area contributed by atoms with Gasteiger partial charge in [0.25, 0.3) is 6.10 Å². The van der Waals surface area contributed by atoms with E-state index in [0.29, 0.717) is 6.42 Å². The molecule has 1 heterocycles. The Morgan fingerprint density at radius 2 is 1.61 bits per heavy atom. The Labute approximate surface area is 188 Å². The molecule has 1 saturated carbocycles. The highest BCUT2D eigenvalue weighted by Crippen LogP contribution is 2.39. The summed E-state index contributed by atoms with van der Waals surface area (Å²) in [6, 6.07) is 0. The Bertz CT molecular complexity index is 688. The molecule has 1 saturated heterocycles. The van der Waals surface area contributed by atoms with Crippen molar-refractivity contribution in [1.29, 1.82) is 0 Å². The SMILES string of the molecule is CCC(C)(C)C(=O)OC1C(=O)OC2CCCC21.CCC(C)C(=O)OC(C(F)(F)F)C(F)(F)F. The second-order valence-corrected chi connectivity index (χ2v) is 8.84. The molecule has 0 bridgehead atoms. The Morgan fingerprint density at radius 3 is 2.06 bits per heavy atom. The van der Waals surface area contributed by atoms with E-state index >= 15 is 0 Å². The summed E-state index contributed by atoms with van der Waals surface area (Å²) in [5, 5.41) is 0. The van der Waals surface area contributed by atoms with E-state index in [4.69, 9.17) is 9.47 Å². The van der Waals surface area contributed by atoms with E-state index in [2.05, 4.69) is 4.74 Å². The number of fused-ring (bicyclic) bond motifs is 1. The van der Waals surface area contributed by atoms with Crippen LogP contribution in [0.1, 0.15) is 66.7 Å². The topological polar surface area (TPSA) is 78.9 Å². The number of hydrogen-bond donors (Lipinski definition) is 0. The highest BCUT2D eigenvalue weighted by molar-refractivity contribution is 5.83. The van der Waals surface area contributed by atoms with Crippen molar-refractivity contribution in [3.8, 4) is 0 Å². The van der Waals surface area contributed by atoms with Crippen molar-refractivity contribution in [1.82, 2.24) is 0 Å². The van der Waals surface area contributed by atoms with E-state index in [1.54, 1.807) is 0 Å². The van der Waals surface area contributed by atoms with Crippen LogP contribution < -0.4 is 0 Å². The molecule has 192 valence electrons. The Kier molecular flexibility index (Phi) is 9.62. The fourth-order valence-corrected chi connectivity index (χ4v) is 3.11. The van der Waals surface area contributed by atoms with Gasteiger partial charge in [0, 0.05) is 5.92 Å². The van der Waals surface area contributed by atoms with Crippen molar-refractivity contribution in [2.75, 3.05) is 0 Å². The number of esters is 3. The molecule has 0 aromatic heterocycles. The Balaban J connectivity index is 0.000000331. The van der Waals surface area contributed by atoms with Gasteiger partial charge in [-0.3, -0.25) is 9.59 Å². The van der Waals surface area contributed by atoms with E-state index in [0.717, 1.165) is 19.3 Å². The predicted octanol–water partition coefficient (Wildman–Crippen LogP) is 5.13. The highest BCUT2D eigenvalue weighted by atomic mass is 19.4. The second-order valence-electron chi connectivity index (χ2n) is 8.84. The van der Waals surface area contributed by atoms with Crippen LogP contribution >= 0.6 is 0 Å². The lowest BCUT2D eigenvalue weighted by Crippen LogP contribution is -2.46. The van der Waals surface area contributed by atoms with Crippen LogP contribution in [-0.4, -0.2) is 48.6 Å². The molecule has 1 aliphatic heterocycles. The van der Waals surface area contributed by atoms with Crippen molar-refractivity contribution in [2.45, 2.75) is 97.4 Å². The van der Waals surface area contributed by atoms with Gasteiger partial charge in [-0.1, -0.05) is 20.8 Å². The molecular weight excluding hydrogens is 462 g/mol. The third kappa shape index (κ3) is 7.77.